The van der Waals surface area contributed by atoms with Gasteiger partial charge in [0.05, 0.1) is 6.04 Å². The van der Waals surface area contributed by atoms with E-state index in [2.05, 4.69) is 15.9 Å². The molecular formula is C24H37N7O3. The van der Waals surface area contributed by atoms with Crippen molar-refractivity contribution in [1.82, 2.24) is 23.6 Å². The SMILES string of the molecule is CC(C)=CCn1c(N2CCCC(N=C(CO)N3CCCCC3)C2)nc2c1c(=O)n(C)c(=O)n2C. The highest BCUT2D eigenvalue weighted by molar-refractivity contribution is 5.83. The Balaban J connectivity index is 1.72. The van der Waals surface area contributed by atoms with E-state index in [1.165, 1.54) is 18.0 Å². The molecule has 34 heavy (non-hydrogen) atoms. The topological polar surface area (TPSA) is 101 Å². The summed E-state index contributed by atoms with van der Waals surface area (Å²) in [6.45, 7) is 7.86. The van der Waals surface area contributed by atoms with Gasteiger partial charge in [0.15, 0.2) is 11.2 Å². The number of hydrogen-bond acceptors (Lipinski definition) is 6. The summed E-state index contributed by atoms with van der Waals surface area (Å²) in [5.74, 6) is 1.47. The number of piperidine rings is 2. The number of anilines is 1. The first-order valence-electron chi connectivity index (χ1n) is 12.3. The van der Waals surface area contributed by atoms with Crippen LogP contribution in [-0.4, -0.2) is 73.4 Å². The number of aromatic nitrogens is 4. The zero-order chi connectivity index (χ0) is 24.4. The van der Waals surface area contributed by atoms with Gasteiger partial charge in [-0.15, -0.1) is 0 Å². The van der Waals surface area contributed by atoms with Gasteiger partial charge in [-0.1, -0.05) is 11.6 Å². The fraction of sp³-hybridized carbons (Fsp3) is 0.667. The molecule has 2 aromatic heterocycles. The summed E-state index contributed by atoms with van der Waals surface area (Å²) in [6.07, 6.45) is 7.46. The van der Waals surface area contributed by atoms with E-state index < -0.39 is 0 Å². The highest BCUT2D eigenvalue weighted by Gasteiger charge is 2.27. The number of likely N-dealkylation sites (tertiary alicyclic amines) is 1. The summed E-state index contributed by atoms with van der Waals surface area (Å²) >= 11 is 0. The number of aliphatic hydroxyl groups excluding tert-OH is 1. The molecule has 1 atom stereocenters. The summed E-state index contributed by atoms with van der Waals surface area (Å²) in [7, 11) is 3.16. The quantitative estimate of drug-likeness (QED) is 0.400. The third kappa shape index (κ3) is 4.68. The number of hydrogen-bond donors (Lipinski definition) is 1. The van der Waals surface area contributed by atoms with Gasteiger partial charge in [-0.3, -0.25) is 18.9 Å². The van der Waals surface area contributed by atoms with E-state index in [9.17, 15) is 14.7 Å². The Kier molecular flexibility index (Phi) is 7.25. The molecule has 0 amide bonds. The molecule has 2 fully saturated rings. The standard InChI is InChI=1S/C24H37N7O3/c1-17(2)10-14-31-20-21(27(3)24(34)28(4)22(20)33)26-23(31)30-13-8-9-18(15-30)25-19(16-32)29-11-6-5-7-12-29/h10,18,32H,5-9,11-16H2,1-4H3. The number of aliphatic hydroxyl groups is 1. The summed E-state index contributed by atoms with van der Waals surface area (Å²) in [6, 6.07) is 0.0428. The van der Waals surface area contributed by atoms with E-state index in [0.717, 1.165) is 61.3 Å². The molecular weight excluding hydrogens is 434 g/mol. The van der Waals surface area contributed by atoms with Crippen LogP contribution in [0.15, 0.2) is 26.2 Å². The first-order chi connectivity index (χ1) is 16.3. The number of amidine groups is 1. The Morgan fingerprint density at radius 3 is 2.50 bits per heavy atom. The van der Waals surface area contributed by atoms with Crippen molar-refractivity contribution in [1.29, 1.82) is 0 Å². The number of rotatable bonds is 5. The van der Waals surface area contributed by atoms with Crippen molar-refractivity contribution in [2.24, 2.45) is 19.1 Å². The maximum absolute atomic E-state index is 13.1. The van der Waals surface area contributed by atoms with Crippen molar-refractivity contribution in [2.75, 3.05) is 37.7 Å². The predicted octanol–water partition coefficient (Wildman–Crippen LogP) is 1.25. The van der Waals surface area contributed by atoms with Crippen molar-refractivity contribution in [2.45, 2.75) is 58.5 Å². The average Bonchev–Trinajstić information content (AvgIpc) is 3.24. The number of aliphatic imine (C=N–C) groups is 1. The molecule has 1 N–H and O–H groups in total. The van der Waals surface area contributed by atoms with Crippen LogP contribution in [0.25, 0.3) is 11.2 Å². The van der Waals surface area contributed by atoms with Gasteiger partial charge in [0.2, 0.25) is 5.95 Å². The first kappa shape index (κ1) is 24.3. The molecule has 2 aliphatic heterocycles. The van der Waals surface area contributed by atoms with Crippen LogP contribution in [0.4, 0.5) is 5.95 Å². The summed E-state index contributed by atoms with van der Waals surface area (Å²) in [4.78, 5) is 39.8. The lowest BCUT2D eigenvalue weighted by atomic mass is 10.1. The van der Waals surface area contributed by atoms with Crippen LogP contribution in [0.3, 0.4) is 0 Å². The van der Waals surface area contributed by atoms with E-state index in [0.29, 0.717) is 30.2 Å². The minimum absolute atomic E-state index is 0.0428. The second-order valence-electron chi connectivity index (χ2n) is 9.68. The molecule has 0 radical (unpaired) electrons. The van der Waals surface area contributed by atoms with Crippen LogP contribution in [0.1, 0.15) is 46.0 Å². The Hall–Kier alpha value is -2.88. The minimum atomic E-state index is -0.383. The Morgan fingerprint density at radius 2 is 1.82 bits per heavy atom. The smallest absolute Gasteiger partial charge is 0.332 e. The van der Waals surface area contributed by atoms with Crippen molar-refractivity contribution >= 4 is 22.9 Å². The van der Waals surface area contributed by atoms with Crippen LogP contribution in [0.5, 0.6) is 0 Å². The second kappa shape index (κ2) is 10.2. The number of nitrogens with zero attached hydrogens (tertiary/aromatic N) is 7. The van der Waals surface area contributed by atoms with Crippen molar-refractivity contribution in [3.05, 3.63) is 32.5 Å². The fourth-order valence-electron chi connectivity index (χ4n) is 4.95. The second-order valence-corrected chi connectivity index (χ2v) is 9.68. The van der Waals surface area contributed by atoms with Gasteiger partial charge in [-0.05, 0) is 46.0 Å². The molecule has 2 aromatic rings. The van der Waals surface area contributed by atoms with E-state index >= 15 is 0 Å². The molecule has 4 rings (SSSR count). The van der Waals surface area contributed by atoms with Crippen molar-refractivity contribution in [3.8, 4) is 0 Å². The van der Waals surface area contributed by atoms with Crippen LogP contribution >= 0.6 is 0 Å². The van der Waals surface area contributed by atoms with Crippen LogP contribution in [-0.2, 0) is 20.6 Å². The van der Waals surface area contributed by atoms with E-state index in [4.69, 9.17) is 9.98 Å². The molecule has 186 valence electrons. The Bertz CT molecular complexity index is 1210. The number of aryl methyl sites for hydroxylation is 1. The Labute approximate surface area is 199 Å². The van der Waals surface area contributed by atoms with Crippen molar-refractivity contribution < 1.29 is 5.11 Å². The Morgan fingerprint density at radius 1 is 1.09 bits per heavy atom. The van der Waals surface area contributed by atoms with Crippen molar-refractivity contribution in [3.63, 3.8) is 0 Å². The van der Waals surface area contributed by atoms with Crippen LogP contribution < -0.4 is 16.1 Å². The van der Waals surface area contributed by atoms with Gasteiger partial charge in [-0.2, -0.15) is 4.98 Å². The van der Waals surface area contributed by atoms with Gasteiger partial charge in [0, 0.05) is 46.8 Å². The van der Waals surface area contributed by atoms with E-state index in [1.807, 2.05) is 18.4 Å². The monoisotopic (exact) mass is 471 g/mol. The third-order valence-corrected chi connectivity index (χ3v) is 6.88. The molecule has 0 aliphatic carbocycles. The zero-order valence-corrected chi connectivity index (χ0v) is 20.8. The van der Waals surface area contributed by atoms with Crippen LogP contribution in [0, 0.1) is 0 Å². The normalized spacial score (nSPS) is 19.7. The number of fused-ring (bicyclic) bond motifs is 1. The lowest BCUT2D eigenvalue weighted by Crippen LogP contribution is -2.42. The molecule has 2 saturated heterocycles. The molecule has 10 heteroatoms. The zero-order valence-electron chi connectivity index (χ0n) is 20.8. The molecule has 0 aromatic carbocycles. The van der Waals surface area contributed by atoms with Gasteiger partial charge in [0.1, 0.15) is 12.4 Å². The van der Waals surface area contributed by atoms with Gasteiger partial charge >= 0.3 is 5.69 Å². The predicted molar refractivity (Wildman–Crippen MR) is 135 cm³/mol. The molecule has 0 spiro atoms. The fourth-order valence-corrected chi connectivity index (χ4v) is 4.95. The summed E-state index contributed by atoms with van der Waals surface area (Å²) in [5.41, 5.74) is 1.27. The largest absolute Gasteiger partial charge is 0.388 e. The first-order valence-corrected chi connectivity index (χ1v) is 12.3. The van der Waals surface area contributed by atoms with Gasteiger partial charge < -0.3 is 19.5 Å². The van der Waals surface area contributed by atoms with Gasteiger partial charge in [0.25, 0.3) is 5.56 Å². The highest BCUT2D eigenvalue weighted by atomic mass is 16.3. The molecule has 0 bridgehead atoms. The minimum Gasteiger partial charge on any atom is -0.388 e. The summed E-state index contributed by atoms with van der Waals surface area (Å²) < 4.78 is 4.51. The molecule has 4 heterocycles. The molecule has 2 aliphatic rings. The lowest BCUT2D eigenvalue weighted by Gasteiger charge is -2.34. The third-order valence-electron chi connectivity index (χ3n) is 6.88. The van der Waals surface area contributed by atoms with Crippen LogP contribution in [0.2, 0.25) is 0 Å². The average molecular weight is 472 g/mol. The molecule has 10 nitrogen and oxygen atoms in total. The lowest BCUT2D eigenvalue weighted by molar-refractivity contribution is 0.289. The highest BCUT2D eigenvalue weighted by Crippen LogP contribution is 2.25. The molecule has 1 unspecified atom stereocenters. The number of imidazole rings is 1. The summed E-state index contributed by atoms with van der Waals surface area (Å²) in [5, 5.41) is 9.99. The maximum atomic E-state index is 13.1. The number of allylic oxidation sites excluding steroid dienone is 2. The molecule has 0 saturated carbocycles. The maximum Gasteiger partial charge on any atom is 0.332 e. The van der Waals surface area contributed by atoms with E-state index in [-0.39, 0.29) is 23.9 Å². The van der Waals surface area contributed by atoms with E-state index in [1.54, 1.807) is 7.05 Å². The van der Waals surface area contributed by atoms with Gasteiger partial charge in [-0.25, -0.2) is 4.79 Å².